The molecule has 0 amide bonds. The van der Waals surface area contributed by atoms with Crippen molar-refractivity contribution in [1.82, 2.24) is 4.98 Å². The maximum absolute atomic E-state index is 11.2. The maximum atomic E-state index is 11.2. The van der Waals surface area contributed by atoms with Gasteiger partial charge in [0.1, 0.15) is 0 Å². The van der Waals surface area contributed by atoms with Crippen LogP contribution in [0, 0.1) is 23.0 Å². The summed E-state index contributed by atoms with van der Waals surface area (Å²) in [6, 6.07) is 9.44. The lowest BCUT2D eigenvalue weighted by atomic mass is 9.77. The van der Waals surface area contributed by atoms with Crippen molar-refractivity contribution in [3.8, 4) is 0 Å². The molecule has 2 aromatic rings. The van der Waals surface area contributed by atoms with Gasteiger partial charge >= 0.3 is 0 Å². The summed E-state index contributed by atoms with van der Waals surface area (Å²) < 4.78 is 0. The van der Waals surface area contributed by atoms with Gasteiger partial charge in [-0.25, -0.2) is 0 Å². The van der Waals surface area contributed by atoms with Crippen molar-refractivity contribution in [1.29, 1.82) is 0 Å². The van der Waals surface area contributed by atoms with Crippen LogP contribution in [0.2, 0.25) is 0 Å². The van der Waals surface area contributed by atoms with Crippen LogP contribution in [0.1, 0.15) is 35.2 Å². The predicted octanol–water partition coefficient (Wildman–Crippen LogP) is 4.12. The standard InChI is InChI=1S/C18H17N3O2/c1-11-9-12(21(22)23)10-15-13-5-4-6-14(13)18(20-17(11)15)16-7-2-3-8-19-16/h2-5,7-10,13-14,18,20H,6H2,1H3/t13?,14?,18-/m0/s1. The van der Waals surface area contributed by atoms with E-state index in [1.807, 2.05) is 31.3 Å². The third-order valence-corrected chi connectivity index (χ3v) is 4.87. The zero-order valence-electron chi connectivity index (χ0n) is 12.8. The molecule has 0 bridgehead atoms. The first-order valence-electron chi connectivity index (χ1n) is 7.78. The molecular formula is C18H17N3O2. The first-order chi connectivity index (χ1) is 11.1. The Bertz CT molecular complexity index is 801. The second-order valence-corrected chi connectivity index (χ2v) is 6.21. The van der Waals surface area contributed by atoms with E-state index in [1.165, 1.54) is 0 Å². The Kier molecular flexibility index (Phi) is 3.15. The third-order valence-electron chi connectivity index (χ3n) is 4.87. The molecule has 5 heteroatoms. The molecule has 1 N–H and O–H groups in total. The number of rotatable bonds is 2. The molecule has 1 aromatic carbocycles. The van der Waals surface area contributed by atoms with Gasteiger partial charge in [-0.3, -0.25) is 15.1 Å². The highest BCUT2D eigenvalue weighted by atomic mass is 16.6. The van der Waals surface area contributed by atoms with Crippen LogP contribution >= 0.6 is 0 Å². The molecule has 4 rings (SSSR count). The van der Waals surface area contributed by atoms with Crippen molar-refractivity contribution < 1.29 is 4.92 Å². The number of nitro benzene ring substituents is 1. The van der Waals surface area contributed by atoms with Gasteiger partial charge < -0.3 is 5.32 Å². The second kappa shape index (κ2) is 5.19. The number of hydrogen-bond donors (Lipinski definition) is 1. The van der Waals surface area contributed by atoms with E-state index >= 15 is 0 Å². The summed E-state index contributed by atoms with van der Waals surface area (Å²) in [5, 5.41) is 14.8. The van der Waals surface area contributed by atoms with E-state index in [1.54, 1.807) is 12.1 Å². The molecule has 1 aromatic heterocycles. The average Bonchev–Trinajstić information content (AvgIpc) is 3.04. The van der Waals surface area contributed by atoms with Crippen molar-refractivity contribution in [2.24, 2.45) is 5.92 Å². The molecule has 2 aliphatic rings. The smallest absolute Gasteiger partial charge is 0.270 e. The molecule has 0 spiro atoms. The quantitative estimate of drug-likeness (QED) is 0.514. The molecule has 5 nitrogen and oxygen atoms in total. The molecule has 2 heterocycles. The number of nitrogens with one attached hydrogen (secondary N) is 1. The van der Waals surface area contributed by atoms with Gasteiger partial charge in [-0.1, -0.05) is 18.2 Å². The fraction of sp³-hybridized carbons (Fsp3) is 0.278. The lowest BCUT2D eigenvalue weighted by Gasteiger charge is -2.37. The number of nitrogens with zero attached hydrogens (tertiary/aromatic N) is 2. The summed E-state index contributed by atoms with van der Waals surface area (Å²) in [7, 11) is 0. The Hall–Kier alpha value is -2.69. The van der Waals surface area contributed by atoms with Gasteiger partial charge in [0.25, 0.3) is 5.69 Å². The van der Waals surface area contributed by atoms with E-state index in [2.05, 4.69) is 22.5 Å². The van der Waals surface area contributed by atoms with Gasteiger partial charge in [-0.2, -0.15) is 0 Å². The number of allylic oxidation sites excluding steroid dienone is 2. The largest absolute Gasteiger partial charge is 0.376 e. The van der Waals surface area contributed by atoms with Crippen molar-refractivity contribution in [3.05, 3.63) is 75.6 Å². The molecule has 0 saturated carbocycles. The van der Waals surface area contributed by atoms with E-state index in [4.69, 9.17) is 0 Å². The summed E-state index contributed by atoms with van der Waals surface area (Å²) in [5.74, 6) is 0.552. The van der Waals surface area contributed by atoms with Crippen molar-refractivity contribution in [2.75, 3.05) is 5.32 Å². The SMILES string of the molecule is Cc1cc([N+](=O)[O-])cc2c1N[C@H](c1ccccn1)C1CC=CC21. The van der Waals surface area contributed by atoms with Crippen molar-refractivity contribution >= 4 is 11.4 Å². The number of fused-ring (bicyclic) bond motifs is 3. The second-order valence-electron chi connectivity index (χ2n) is 6.21. The van der Waals surface area contributed by atoms with Crippen LogP contribution in [0.25, 0.3) is 0 Å². The Balaban J connectivity index is 1.84. The fourth-order valence-corrected chi connectivity index (χ4v) is 3.83. The summed E-state index contributed by atoms with van der Waals surface area (Å²) in [6.45, 7) is 1.92. The number of hydrogen-bond acceptors (Lipinski definition) is 4. The van der Waals surface area contributed by atoms with Gasteiger partial charge in [0.2, 0.25) is 0 Å². The van der Waals surface area contributed by atoms with E-state index < -0.39 is 0 Å². The Morgan fingerprint density at radius 2 is 2.22 bits per heavy atom. The lowest BCUT2D eigenvalue weighted by molar-refractivity contribution is -0.385. The van der Waals surface area contributed by atoms with Gasteiger partial charge in [0.15, 0.2) is 0 Å². The van der Waals surface area contributed by atoms with Crippen LogP contribution < -0.4 is 5.32 Å². The Morgan fingerprint density at radius 3 is 2.96 bits per heavy atom. The molecule has 3 atom stereocenters. The number of aromatic nitrogens is 1. The summed E-state index contributed by atoms with van der Waals surface area (Å²) in [6.07, 6.45) is 7.13. The molecule has 0 saturated heterocycles. The molecular weight excluding hydrogens is 290 g/mol. The minimum Gasteiger partial charge on any atom is -0.376 e. The molecule has 116 valence electrons. The number of pyridine rings is 1. The van der Waals surface area contributed by atoms with Gasteiger partial charge in [-0.05, 0) is 42.5 Å². The van der Waals surface area contributed by atoms with E-state index in [0.717, 1.165) is 28.9 Å². The van der Waals surface area contributed by atoms with Crippen LogP contribution in [0.5, 0.6) is 0 Å². The number of nitro groups is 1. The van der Waals surface area contributed by atoms with Gasteiger partial charge in [0.05, 0.1) is 16.7 Å². The Morgan fingerprint density at radius 1 is 1.35 bits per heavy atom. The maximum Gasteiger partial charge on any atom is 0.270 e. The molecule has 0 fully saturated rings. The fourth-order valence-electron chi connectivity index (χ4n) is 3.83. The monoisotopic (exact) mass is 307 g/mol. The number of anilines is 1. The van der Waals surface area contributed by atoms with E-state index in [0.29, 0.717) is 5.92 Å². The first kappa shape index (κ1) is 13.9. The predicted molar refractivity (Wildman–Crippen MR) is 88.4 cm³/mol. The minimum atomic E-state index is -0.314. The highest BCUT2D eigenvalue weighted by molar-refractivity contribution is 5.67. The topological polar surface area (TPSA) is 68.1 Å². The molecule has 2 unspecified atom stereocenters. The van der Waals surface area contributed by atoms with Crippen molar-refractivity contribution in [3.63, 3.8) is 0 Å². The first-order valence-corrected chi connectivity index (χ1v) is 7.78. The summed E-state index contributed by atoms with van der Waals surface area (Å²) >= 11 is 0. The average molecular weight is 307 g/mol. The molecule has 23 heavy (non-hydrogen) atoms. The van der Waals surface area contributed by atoms with Crippen LogP contribution in [-0.4, -0.2) is 9.91 Å². The van der Waals surface area contributed by atoms with Crippen LogP contribution in [0.3, 0.4) is 0 Å². The number of benzene rings is 1. The van der Waals surface area contributed by atoms with Crippen LogP contribution in [0.15, 0.2) is 48.7 Å². The third kappa shape index (κ3) is 2.20. The number of non-ortho nitro benzene ring substituents is 1. The van der Waals surface area contributed by atoms with Crippen LogP contribution in [0.4, 0.5) is 11.4 Å². The minimum absolute atomic E-state index is 0.129. The van der Waals surface area contributed by atoms with E-state index in [-0.39, 0.29) is 22.6 Å². The number of aryl methyl sites for hydroxylation is 1. The van der Waals surface area contributed by atoms with Gasteiger partial charge in [0, 0.05) is 29.9 Å². The van der Waals surface area contributed by atoms with Crippen LogP contribution in [-0.2, 0) is 0 Å². The summed E-state index contributed by atoms with van der Waals surface area (Å²) in [4.78, 5) is 15.4. The van der Waals surface area contributed by atoms with Gasteiger partial charge in [-0.15, -0.1) is 0 Å². The molecule has 1 aliphatic carbocycles. The summed E-state index contributed by atoms with van der Waals surface area (Å²) in [5.41, 5.74) is 4.14. The van der Waals surface area contributed by atoms with Crippen molar-refractivity contribution in [2.45, 2.75) is 25.3 Å². The molecule has 0 radical (unpaired) electrons. The normalized spacial score (nSPS) is 24.7. The lowest BCUT2D eigenvalue weighted by Crippen LogP contribution is -2.30. The highest BCUT2D eigenvalue weighted by Gasteiger charge is 2.39. The molecule has 1 aliphatic heterocycles. The Labute approximate surface area is 134 Å². The zero-order valence-corrected chi connectivity index (χ0v) is 12.8. The zero-order chi connectivity index (χ0) is 16.0. The highest BCUT2D eigenvalue weighted by Crippen LogP contribution is 2.51. The van der Waals surface area contributed by atoms with E-state index in [9.17, 15) is 10.1 Å².